The number of hydrogen-bond acceptors (Lipinski definition) is 5. The lowest BCUT2D eigenvalue weighted by Gasteiger charge is -2.39. The molecular weight excluding hydrogens is 320 g/mol. The Morgan fingerprint density at radius 1 is 1.04 bits per heavy atom. The van der Waals surface area contributed by atoms with Crippen molar-refractivity contribution in [2.75, 3.05) is 57.4 Å². The summed E-state index contributed by atoms with van der Waals surface area (Å²) < 4.78 is 5.29. The lowest BCUT2D eigenvalue weighted by atomic mass is 10.1. The highest BCUT2D eigenvalue weighted by Gasteiger charge is 2.27. The smallest absolute Gasteiger partial charge is 0.320 e. The van der Waals surface area contributed by atoms with Gasteiger partial charge in [0.25, 0.3) is 0 Å². The Morgan fingerprint density at radius 2 is 1.68 bits per heavy atom. The molecular formula is C18H22N4O3. The fourth-order valence-electron chi connectivity index (χ4n) is 3.20. The first-order valence-corrected chi connectivity index (χ1v) is 8.52. The zero-order valence-corrected chi connectivity index (χ0v) is 14.4. The van der Waals surface area contributed by atoms with Gasteiger partial charge in [-0.3, -0.25) is 4.79 Å². The van der Waals surface area contributed by atoms with E-state index < -0.39 is 0 Å². The van der Waals surface area contributed by atoms with Gasteiger partial charge in [0.1, 0.15) is 6.07 Å². The van der Waals surface area contributed by atoms with Crippen molar-refractivity contribution in [3.05, 3.63) is 29.3 Å². The predicted molar refractivity (Wildman–Crippen MR) is 92.7 cm³/mol. The van der Waals surface area contributed by atoms with Crippen molar-refractivity contribution in [3.63, 3.8) is 0 Å². The fraction of sp³-hybridized carbons (Fsp3) is 0.500. The Hall–Kier alpha value is -2.59. The van der Waals surface area contributed by atoms with Crippen LogP contribution in [0.15, 0.2) is 18.2 Å². The number of morpholine rings is 1. The van der Waals surface area contributed by atoms with Crippen LogP contribution in [0.3, 0.4) is 0 Å². The minimum Gasteiger partial charge on any atom is -0.378 e. The third kappa shape index (κ3) is 3.74. The molecule has 132 valence electrons. The number of urea groups is 1. The SMILES string of the molecule is CC(=O)c1ccc(C#N)c(N2CCN(C(=O)N3CCOCC3)CC2)c1. The van der Waals surface area contributed by atoms with Crippen LogP contribution in [-0.2, 0) is 4.74 Å². The Kier molecular flexibility index (Phi) is 5.19. The number of piperazine rings is 1. The highest BCUT2D eigenvalue weighted by molar-refractivity contribution is 5.95. The molecule has 0 atom stereocenters. The highest BCUT2D eigenvalue weighted by atomic mass is 16.5. The average molecular weight is 342 g/mol. The van der Waals surface area contributed by atoms with Gasteiger partial charge in [-0.25, -0.2) is 4.79 Å². The van der Waals surface area contributed by atoms with Crippen molar-refractivity contribution >= 4 is 17.5 Å². The minimum absolute atomic E-state index is 0.0214. The van der Waals surface area contributed by atoms with Crippen molar-refractivity contribution in [2.24, 2.45) is 0 Å². The summed E-state index contributed by atoms with van der Waals surface area (Å²) in [5.74, 6) is -0.0214. The summed E-state index contributed by atoms with van der Waals surface area (Å²) in [6, 6.07) is 7.40. The predicted octanol–water partition coefficient (Wildman–Crippen LogP) is 1.34. The Morgan fingerprint density at radius 3 is 2.28 bits per heavy atom. The number of rotatable bonds is 2. The number of ether oxygens (including phenoxy) is 1. The van der Waals surface area contributed by atoms with Gasteiger partial charge in [0.15, 0.2) is 5.78 Å². The second kappa shape index (κ2) is 7.53. The number of amides is 2. The maximum absolute atomic E-state index is 12.5. The van der Waals surface area contributed by atoms with Crippen LogP contribution >= 0.6 is 0 Å². The van der Waals surface area contributed by atoms with Crippen molar-refractivity contribution in [1.29, 1.82) is 5.26 Å². The molecule has 0 aromatic heterocycles. The maximum Gasteiger partial charge on any atom is 0.320 e. The minimum atomic E-state index is -0.0214. The second-order valence-electron chi connectivity index (χ2n) is 6.26. The third-order valence-electron chi connectivity index (χ3n) is 4.70. The van der Waals surface area contributed by atoms with E-state index in [1.54, 1.807) is 18.2 Å². The molecule has 0 bridgehead atoms. The largest absolute Gasteiger partial charge is 0.378 e. The molecule has 2 amide bonds. The summed E-state index contributed by atoms with van der Waals surface area (Å²) in [7, 11) is 0. The molecule has 25 heavy (non-hydrogen) atoms. The number of carbonyl (C=O) groups excluding carboxylic acids is 2. The van der Waals surface area contributed by atoms with Gasteiger partial charge in [-0.05, 0) is 25.1 Å². The Balaban J connectivity index is 1.68. The lowest BCUT2D eigenvalue weighted by molar-refractivity contribution is 0.0428. The molecule has 0 radical (unpaired) electrons. The van der Waals surface area contributed by atoms with E-state index in [1.165, 1.54) is 6.92 Å². The van der Waals surface area contributed by atoms with Crippen LogP contribution in [-0.4, -0.2) is 74.1 Å². The van der Waals surface area contributed by atoms with E-state index in [1.807, 2.05) is 9.80 Å². The Labute approximate surface area is 147 Å². The van der Waals surface area contributed by atoms with Crippen molar-refractivity contribution in [1.82, 2.24) is 9.80 Å². The number of ketones is 1. The molecule has 1 aromatic carbocycles. The normalized spacial score (nSPS) is 18.0. The first kappa shape index (κ1) is 17.2. The molecule has 2 heterocycles. The van der Waals surface area contributed by atoms with Crippen LogP contribution < -0.4 is 4.90 Å². The highest BCUT2D eigenvalue weighted by Crippen LogP contribution is 2.24. The molecule has 3 rings (SSSR count). The van der Waals surface area contributed by atoms with E-state index in [-0.39, 0.29) is 11.8 Å². The molecule has 0 spiro atoms. The molecule has 0 aliphatic carbocycles. The first-order chi connectivity index (χ1) is 12.1. The van der Waals surface area contributed by atoms with Gasteiger partial charge in [-0.2, -0.15) is 5.26 Å². The molecule has 7 heteroatoms. The molecule has 2 fully saturated rings. The van der Waals surface area contributed by atoms with E-state index in [4.69, 9.17) is 4.74 Å². The summed E-state index contributed by atoms with van der Waals surface area (Å²) >= 11 is 0. The molecule has 0 N–H and O–H groups in total. The number of anilines is 1. The molecule has 1 aromatic rings. The van der Waals surface area contributed by atoms with Gasteiger partial charge < -0.3 is 19.4 Å². The van der Waals surface area contributed by atoms with Crippen LogP contribution in [0.25, 0.3) is 0 Å². The Bertz CT molecular complexity index is 699. The summed E-state index contributed by atoms with van der Waals surface area (Å²) in [5.41, 5.74) is 1.92. The quantitative estimate of drug-likeness (QED) is 0.758. The number of nitriles is 1. The number of hydrogen-bond donors (Lipinski definition) is 0. The standard InChI is InChI=1S/C18H22N4O3/c1-14(23)15-2-3-16(13-19)17(12-15)20-4-6-21(7-5-20)18(24)22-8-10-25-11-9-22/h2-3,12H,4-11H2,1H3. The first-order valence-electron chi connectivity index (χ1n) is 8.52. The zero-order chi connectivity index (χ0) is 17.8. The summed E-state index contributed by atoms with van der Waals surface area (Å²) in [6.45, 7) is 6.47. The second-order valence-corrected chi connectivity index (χ2v) is 6.26. The van der Waals surface area contributed by atoms with E-state index in [9.17, 15) is 14.9 Å². The molecule has 2 aliphatic rings. The van der Waals surface area contributed by atoms with Gasteiger partial charge >= 0.3 is 6.03 Å². The van der Waals surface area contributed by atoms with Gasteiger partial charge in [-0.1, -0.05) is 0 Å². The van der Waals surface area contributed by atoms with Gasteiger partial charge in [0.05, 0.1) is 24.5 Å². The molecule has 7 nitrogen and oxygen atoms in total. The van der Waals surface area contributed by atoms with E-state index in [0.717, 1.165) is 5.69 Å². The maximum atomic E-state index is 12.5. The zero-order valence-electron chi connectivity index (χ0n) is 14.4. The van der Waals surface area contributed by atoms with Crippen LogP contribution in [0.1, 0.15) is 22.8 Å². The number of nitrogens with zero attached hydrogens (tertiary/aromatic N) is 4. The molecule has 2 aliphatic heterocycles. The summed E-state index contributed by atoms with van der Waals surface area (Å²) in [5, 5.41) is 9.34. The molecule has 2 saturated heterocycles. The monoisotopic (exact) mass is 342 g/mol. The van der Waals surface area contributed by atoms with Gasteiger partial charge in [0.2, 0.25) is 0 Å². The third-order valence-corrected chi connectivity index (χ3v) is 4.70. The molecule has 0 saturated carbocycles. The molecule has 0 unspecified atom stereocenters. The van der Waals surface area contributed by atoms with Gasteiger partial charge in [-0.15, -0.1) is 0 Å². The summed E-state index contributed by atoms with van der Waals surface area (Å²) in [6.07, 6.45) is 0. The summed E-state index contributed by atoms with van der Waals surface area (Å²) in [4.78, 5) is 29.9. The topological polar surface area (TPSA) is 76.9 Å². The van der Waals surface area contributed by atoms with Crippen LogP contribution in [0.4, 0.5) is 10.5 Å². The number of benzene rings is 1. The van der Waals surface area contributed by atoms with Gasteiger partial charge in [0, 0.05) is 44.8 Å². The van der Waals surface area contributed by atoms with Crippen LogP contribution in [0, 0.1) is 11.3 Å². The van der Waals surface area contributed by atoms with Crippen molar-refractivity contribution < 1.29 is 14.3 Å². The van der Waals surface area contributed by atoms with Crippen LogP contribution in [0.2, 0.25) is 0 Å². The average Bonchev–Trinajstić information content (AvgIpc) is 2.67. The number of Topliss-reactive ketones (excluding diaryl/α,β-unsaturated/α-hetero) is 1. The lowest BCUT2D eigenvalue weighted by Crippen LogP contribution is -2.55. The van der Waals surface area contributed by atoms with Crippen LogP contribution in [0.5, 0.6) is 0 Å². The van der Waals surface area contributed by atoms with E-state index in [2.05, 4.69) is 11.0 Å². The fourth-order valence-corrected chi connectivity index (χ4v) is 3.20. The van der Waals surface area contributed by atoms with Crippen molar-refractivity contribution in [3.8, 4) is 6.07 Å². The number of carbonyl (C=O) groups is 2. The van der Waals surface area contributed by atoms with E-state index in [0.29, 0.717) is 63.6 Å². The van der Waals surface area contributed by atoms with E-state index >= 15 is 0 Å². The van der Waals surface area contributed by atoms with Crippen molar-refractivity contribution in [2.45, 2.75) is 6.92 Å².